The standard InChI is InChI=1S/C20H19F3N4O/c1-11(12-4-3-5-13(17(12)21)18(22)23)26-19-14-9-27(20(2)6-7-20)16(28)8-15(14)24-10-25-19/h3-5,8-11,18H,6-7H2,1-2H3,(H,24,25,26)/t11-/m1/s1. The van der Waals surface area contributed by atoms with Crippen LogP contribution in [0.4, 0.5) is 19.0 Å². The van der Waals surface area contributed by atoms with E-state index in [9.17, 15) is 18.0 Å². The fourth-order valence-corrected chi connectivity index (χ4v) is 3.34. The summed E-state index contributed by atoms with van der Waals surface area (Å²) in [4.78, 5) is 20.8. The Bertz CT molecular complexity index is 1110. The maximum atomic E-state index is 14.5. The molecule has 2 heterocycles. The lowest BCUT2D eigenvalue weighted by atomic mass is 10.0. The summed E-state index contributed by atoms with van der Waals surface area (Å²) in [6, 6.07) is 4.78. The minimum Gasteiger partial charge on any atom is -0.363 e. The molecule has 0 saturated heterocycles. The van der Waals surface area contributed by atoms with Gasteiger partial charge in [0, 0.05) is 23.4 Å². The molecular weight excluding hydrogens is 369 g/mol. The lowest BCUT2D eigenvalue weighted by Gasteiger charge is -2.19. The number of hydrogen-bond acceptors (Lipinski definition) is 4. The number of rotatable bonds is 5. The molecule has 28 heavy (non-hydrogen) atoms. The zero-order chi connectivity index (χ0) is 20.1. The summed E-state index contributed by atoms with van der Waals surface area (Å²) in [5.41, 5.74) is -0.388. The van der Waals surface area contributed by atoms with Crippen molar-refractivity contribution in [2.24, 2.45) is 0 Å². The van der Waals surface area contributed by atoms with Gasteiger partial charge in [-0.3, -0.25) is 4.79 Å². The van der Waals surface area contributed by atoms with Gasteiger partial charge >= 0.3 is 0 Å². The second-order valence-corrected chi connectivity index (χ2v) is 7.42. The van der Waals surface area contributed by atoms with Crippen LogP contribution in [0.1, 0.15) is 50.3 Å². The maximum absolute atomic E-state index is 14.5. The predicted octanol–water partition coefficient (Wildman–Crippen LogP) is 4.55. The molecule has 8 heteroatoms. The molecule has 0 amide bonds. The van der Waals surface area contributed by atoms with Crippen molar-refractivity contribution in [3.05, 3.63) is 64.1 Å². The van der Waals surface area contributed by atoms with E-state index in [-0.39, 0.29) is 16.7 Å². The molecule has 0 spiro atoms. The maximum Gasteiger partial charge on any atom is 0.266 e. The molecule has 0 aliphatic heterocycles. The van der Waals surface area contributed by atoms with Gasteiger partial charge in [-0.2, -0.15) is 0 Å². The minimum absolute atomic E-state index is 0.118. The molecule has 1 aliphatic rings. The molecule has 3 aromatic rings. The zero-order valence-electron chi connectivity index (χ0n) is 15.4. The number of alkyl halides is 2. The van der Waals surface area contributed by atoms with E-state index < -0.39 is 23.8 Å². The molecular formula is C20H19F3N4O. The fraction of sp³-hybridized carbons (Fsp3) is 0.350. The monoisotopic (exact) mass is 388 g/mol. The summed E-state index contributed by atoms with van der Waals surface area (Å²) >= 11 is 0. The van der Waals surface area contributed by atoms with Crippen molar-refractivity contribution in [1.29, 1.82) is 0 Å². The van der Waals surface area contributed by atoms with E-state index >= 15 is 0 Å². The van der Waals surface area contributed by atoms with E-state index in [1.165, 1.54) is 24.5 Å². The largest absolute Gasteiger partial charge is 0.363 e. The van der Waals surface area contributed by atoms with Gasteiger partial charge in [0.05, 0.1) is 22.5 Å². The number of pyridine rings is 1. The average Bonchev–Trinajstić information content (AvgIpc) is 3.39. The van der Waals surface area contributed by atoms with Crippen LogP contribution in [0.5, 0.6) is 0 Å². The molecule has 4 rings (SSSR count). The van der Waals surface area contributed by atoms with Crippen LogP contribution >= 0.6 is 0 Å². The summed E-state index contributed by atoms with van der Waals surface area (Å²) in [6.07, 6.45) is 1.96. The normalized spacial score (nSPS) is 16.4. The smallest absolute Gasteiger partial charge is 0.266 e. The van der Waals surface area contributed by atoms with Crippen LogP contribution in [0.25, 0.3) is 10.9 Å². The van der Waals surface area contributed by atoms with Gasteiger partial charge in [-0.25, -0.2) is 23.1 Å². The van der Waals surface area contributed by atoms with Gasteiger partial charge in [-0.05, 0) is 26.7 Å². The number of anilines is 1. The highest BCUT2D eigenvalue weighted by atomic mass is 19.3. The van der Waals surface area contributed by atoms with Gasteiger partial charge in [0.25, 0.3) is 12.0 Å². The second-order valence-electron chi connectivity index (χ2n) is 7.42. The third-order valence-electron chi connectivity index (χ3n) is 5.34. The molecule has 0 radical (unpaired) electrons. The van der Waals surface area contributed by atoms with Crippen LogP contribution in [0, 0.1) is 5.82 Å². The van der Waals surface area contributed by atoms with Crippen LogP contribution in [-0.4, -0.2) is 14.5 Å². The predicted molar refractivity (Wildman–Crippen MR) is 100 cm³/mol. The molecule has 1 N–H and O–H groups in total. The van der Waals surface area contributed by atoms with E-state index in [0.717, 1.165) is 18.9 Å². The van der Waals surface area contributed by atoms with Gasteiger partial charge in [-0.15, -0.1) is 0 Å². The number of nitrogens with zero attached hydrogens (tertiary/aromatic N) is 3. The summed E-state index contributed by atoms with van der Waals surface area (Å²) in [5.74, 6) is -0.518. The van der Waals surface area contributed by atoms with Gasteiger partial charge in [0.15, 0.2) is 0 Å². The lowest BCUT2D eigenvalue weighted by molar-refractivity contribution is 0.146. The van der Waals surface area contributed by atoms with Crippen LogP contribution in [-0.2, 0) is 5.54 Å². The number of benzene rings is 1. The molecule has 0 unspecified atom stereocenters. The minimum atomic E-state index is -2.89. The molecule has 1 fully saturated rings. The van der Waals surface area contributed by atoms with E-state index in [0.29, 0.717) is 16.7 Å². The Labute approximate surface area is 159 Å². The summed E-state index contributed by atoms with van der Waals surface area (Å²) in [6.45, 7) is 3.67. The van der Waals surface area contributed by atoms with Crippen LogP contribution in [0.15, 0.2) is 41.6 Å². The van der Waals surface area contributed by atoms with Crippen LogP contribution in [0.2, 0.25) is 0 Å². The average molecular weight is 388 g/mol. The summed E-state index contributed by atoms with van der Waals surface area (Å²) < 4.78 is 42.1. The highest BCUT2D eigenvalue weighted by Crippen LogP contribution is 2.42. The third kappa shape index (κ3) is 3.12. The van der Waals surface area contributed by atoms with Gasteiger partial charge < -0.3 is 9.88 Å². The number of halogens is 3. The molecule has 146 valence electrons. The number of fused-ring (bicyclic) bond motifs is 1. The van der Waals surface area contributed by atoms with Crippen molar-refractivity contribution >= 4 is 16.7 Å². The van der Waals surface area contributed by atoms with Crippen molar-refractivity contribution < 1.29 is 13.2 Å². The number of nitrogens with one attached hydrogen (secondary N) is 1. The van der Waals surface area contributed by atoms with Crippen molar-refractivity contribution in [3.8, 4) is 0 Å². The first-order chi connectivity index (χ1) is 13.3. The summed E-state index contributed by atoms with van der Waals surface area (Å²) in [5, 5.41) is 3.69. The number of hydrogen-bond donors (Lipinski definition) is 1. The molecule has 0 bridgehead atoms. The Hall–Kier alpha value is -2.90. The first-order valence-electron chi connectivity index (χ1n) is 9.01. The summed E-state index contributed by atoms with van der Waals surface area (Å²) in [7, 11) is 0. The zero-order valence-corrected chi connectivity index (χ0v) is 15.4. The molecule has 5 nitrogen and oxygen atoms in total. The van der Waals surface area contributed by atoms with Crippen molar-refractivity contribution in [3.63, 3.8) is 0 Å². The van der Waals surface area contributed by atoms with E-state index in [2.05, 4.69) is 15.3 Å². The van der Waals surface area contributed by atoms with Crippen molar-refractivity contribution in [2.45, 2.75) is 44.7 Å². The Balaban J connectivity index is 1.74. The van der Waals surface area contributed by atoms with E-state index in [1.807, 2.05) is 6.92 Å². The van der Waals surface area contributed by atoms with Gasteiger partial charge in [0.1, 0.15) is 18.0 Å². The fourth-order valence-electron chi connectivity index (χ4n) is 3.34. The van der Waals surface area contributed by atoms with Crippen LogP contribution < -0.4 is 10.9 Å². The highest BCUT2D eigenvalue weighted by Gasteiger charge is 2.40. The van der Waals surface area contributed by atoms with Crippen LogP contribution in [0.3, 0.4) is 0 Å². The number of aromatic nitrogens is 3. The van der Waals surface area contributed by atoms with Gasteiger partial charge in [-0.1, -0.05) is 18.2 Å². The van der Waals surface area contributed by atoms with Crippen molar-refractivity contribution in [1.82, 2.24) is 14.5 Å². The van der Waals surface area contributed by atoms with Gasteiger partial charge in [0.2, 0.25) is 0 Å². The Morgan fingerprint density at radius 1 is 1.21 bits per heavy atom. The molecule has 1 atom stereocenters. The molecule has 2 aromatic heterocycles. The second kappa shape index (κ2) is 6.61. The molecule has 1 aliphatic carbocycles. The Morgan fingerprint density at radius 3 is 2.61 bits per heavy atom. The van der Waals surface area contributed by atoms with Crippen molar-refractivity contribution in [2.75, 3.05) is 5.32 Å². The molecule has 1 aromatic carbocycles. The first-order valence-corrected chi connectivity index (χ1v) is 9.01. The highest BCUT2D eigenvalue weighted by molar-refractivity contribution is 5.88. The first kappa shape index (κ1) is 18.5. The van der Waals surface area contributed by atoms with E-state index in [4.69, 9.17) is 0 Å². The SMILES string of the molecule is C[C@@H](Nc1ncnc2cc(=O)n(C3(C)CC3)cc12)c1cccc(C(F)F)c1F. The Morgan fingerprint density at radius 2 is 1.93 bits per heavy atom. The molecule has 1 saturated carbocycles. The Kier molecular flexibility index (Phi) is 4.36. The quantitative estimate of drug-likeness (QED) is 0.697. The topological polar surface area (TPSA) is 59.8 Å². The third-order valence-corrected chi connectivity index (χ3v) is 5.34. The van der Waals surface area contributed by atoms with E-state index in [1.54, 1.807) is 17.7 Å². The lowest BCUT2D eigenvalue weighted by Crippen LogP contribution is -2.27.